The molecule has 1 aliphatic carbocycles. The Kier molecular flexibility index (Phi) is 8.31. The summed E-state index contributed by atoms with van der Waals surface area (Å²) in [5, 5.41) is 0. The van der Waals surface area contributed by atoms with E-state index in [0.29, 0.717) is 17.0 Å². The first-order chi connectivity index (χ1) is 17.8. The number of halogens is 4. The van der Waals surface area contributed by atoms with Crippen LogP contribution < -0.4 is 9.47 Å². The number of ether oxygens (including phenoxy) is 2. The normalized spacial score (nSPS) is 17.7. The molecule has 1 aliphatic rings. The molecule has 0 bridgehead atoms. The molecule has 0 aromatic heterocycles. The molecule has 37 heavy (non-hydrogen) atoms. The van der Waals surface area contributed by atoms with Crippen LogP contribution in [0.25, 0.3) is 11.1 Å². The third-order valence-electron chi connectivity index (χ3n) is 6.73. The molecule has 3 aromatic carbocycles. The van der Waals surface area contributed by atoms with Crippen molar-refractivity contribution in [3.8, 4) is 22.6 Å². The summed E-state index contributed by atoms with van der Waals surface area (Å²) in [6.07, 6.45) is 7.72. The summed E-state index contributed by atoms with van der Waals surface area (Å²) in [5.41, 5.74) is 0.281. The van der Waals surface area contributed by atoms with Gasteiger partial charge in [0.25, 0.3) is 0 Å². The fourth-order valence-electron chi connectivity index (χ4n) is 4.82. The van der Waals surface area contributed by atoms with Crippen molar-refractivity contribution in [2.45, 2.75) is 45.4 Å². The van der Waals surface area contributed by atoms with Crippen molar-refractivity contribution in [3.63, 3.8) is 0 Å². The molecule has 3 nitrogen and oxygen atoms in total. The number of benzene rings is 3. The average Bonchev–Trinajstić information content (AvgIpc) is 2.90. The molecule has 0 radical (unpaired) electrons. The highest BCUT2D eigenvalue weighted by molar-refractivity contribution is 5.91. The van der Waals surface area contributed by atoms with E-state index < -0.39 is 34.8 Å². The number of hydrogen-bond acceptors (Lipinski definition) is 3. The average molecular weight is 513 g/mol. The molecular weight excluding hydrogens is 484 g/mol. The lowest BCUT2D eigenvalue weighted by Crippen LogP contribution is -2.13. The van der Waals surface area contributed by atoms with Gasteiger partial charge in [-0.3, -0.25) is 0 Å². The zero-order valence-electron chi connectivity index (χ0n) is 20.7. The minimum absolute atomic E-state index is 0.0142. The zero-order chi connectivity index (χ0) is 26.5. The van der Waals surface area contributed by atoms with Crippen molar-refractivity contribution in [2.24, 2.45) is 5.92 Å². The van der Waals surface area contributed by atoms with Crippen molar-refractivity contribution >= 4 is 5.97 Å². The molecule has 3 aromatic rings. The van der Waals surface area contributed by atoms with E-state index >= 15 is 8.78 Å². The summed E-state index contributed by atoms with van der Waals surface area (Å²) in [7, 11) is 0. The van der Waals surface area contributed by atoms with E-state index in [1.54, 1.807) is 19.1 Å². The summed E-state index contributed by atoms with van der Waals surface area (Å²) in [5.74, 6) is -5.30. The largest absolute Gasteiger partial charge is 0.491 e. The van der Waals surface area contributed by atoms with Crippen LogP contribution in [0.1, 0.15) is 61.4 Å². The van der Waals surface area contributed by atoms with Crippen molar-refractivity contribution in [3.05, 3.63) is 95.1 Å². The van der Waals surface area contributed by atoms with Gasteiger partial charge in [-0.15, -0.1) is 0 Å². The Morgan fingerprint density at radius 2 is 1.57 bits per heavy atom. The Labute approximate surface area is 213 Å². The maximum Gasteiger partial charge on any atom is 0.346 e. The van der Waals surface area contributed by atoms with E-state index in [1.807, 2.05) is 13.0 Å². The fraction of sp³-hybridized carbons (Fsp3) is 0.300. The predicted molar refractivity (Wildman–Crippen MR) is 134 cm³/mol. The quantitative estimate of drug-likeness (QED) is 0.138. The van der Waals surface area contributed by atoms with Crippen LogP contribution in [0, 0.1) is 29.2 Å². The van der Waals surface area contributed by atoms with Crippen LogP contribution in [-0.4, -0.2) is 12.6 Å². The van der Waals surface area contributed by atoms with E-state index in [-0.39, 0.29) is 29.6 Å². The number of rotatable bonds is 7. The molecule has 7 heteroatoms. The smallest absolute Gasteiger partial charge is 0.346 e. The van der Waals surface area contributed by atoms with Crippen LogP contribution in [-0.2, 0) is 0 Å². The van der Waals surface area contributed by atoms with Gasteiger partial charge in [0.2, 0.25) is 5.82 Å². The molecule has 0 atom stereocenters. The highest BCUT2D eigenvalue weighted by Gasteiger charge is 2.26. The summed E-state index contributed by atoms with van der Waals surface area (Å²) in [4.78, 5) is 12.4. The van der Waals surface area contributed by atoms with Crippen molar-refractivity contribution in [1.82, 2.24) is 0 Å². The summed E-state index contributed by atoms with van der Waals surface area (Å²) < 4.78 is 68.6. The Hall–Kier alpha value is -3.61. The minimum atomic E-state index is -1.37. The van der Waals surface area contributed by atoms with E-state index in [2.05, 4.69) is 6.08 Å². The van der Waals surface area contributed by atoms with E-state index in [4.69, 9.17) is 9.47 Å². The predicted octanol–water partition coefficient (Wildman–Crippen LogP) is 8.38. The first-order valence-corrected chi connectivity index (χ1v) is 12.4. The lowest BCUT2D eigenvalue weighted by Gasteiger charge is -2.27. The minimum Gasteiger partial charge on any atom is -0.491 e. The van der Waals surface area contributed by atoms with Crippen LogP contribution >= 0.6 is 0 Å². The molecule has 0 aliphatic heterocycles. The molecule has 194 valence electrons. The third kappa shape index (κ3) is 5.71. The number of carbonyl (C=O) groups excluding carboxylic acids is 1. The highest BCUT2D eigenvalue weighted by atomic mass is 19.2. The maximum atomic E-state index is 15.0. The number of hydrogen-bond donors (Lipinski definition) is 0. The standard InChI is InChI=1S/C30H28F4O3/c1-3-5-18-6-8-19(9-7-18)22-14-15-23(27(32)26(22)31)20-10-12-21(13-11-20)37-30(35)24-16-17-25(36-4-2)29(34)28(24)33/h3,5,10-19H,4,6-9H2,1-2H3/b5-3+. The Balaban J connectivity index is 1.47. The molecule has 1 saturated carbocycles. The van der Waals surface area contributed by atoms with Gasteiger partial charge in [-0.2, -0.15) is 4.39 Å². The Morgan fingerprint density at radius 3 is 2.22 bits per heavy atom. The van der Waals surface area contributed by atoms with Gasteiger partial charge in [0.1, 0.15) is 5.75 Å². The number of allylic oxidation sites excluding steroid dienone is 2. The Morgan fingerprint density at radius 1 is 0.865 bits per heavy atom. The summed E-state index contributed by atoms with van der Waals surface area (Å²) in [6, 6.07) is 11.1. The van der Waals surface area contributed by atoms with Crippen LogP contribution in [0.2, 0.25) is 0 Å². The molecule has 1 fully saturated rings. The maximum absolute atomic E-state index is 15.0. The van der Waals surface area contributed by atoms with E-state index in [9.17, 15) is 13.6 Å². The zero-order valence-corrected chi connectivity index (χ0v) is 20.7. The first-order valence-electron chi connectivity index (χ1n) is 12.4. The summed E-state index contributed by atoms with van der Waals surface area (Å²) >= 11 is 0. The van der Waals surface area contributed by atoms with Gasteiger partial charge in [0, 0.05) is 5.56 Å². The molecule has 0 amide bonds. The van der Waals surface area contributed by atoms with Crippen LogP contribution in [0.3, 0.4) is 0 Å². The molecule has 0 heterocycles. The van der Waals surface area contributed by atoms with Crippen molar-refractivity contribution in [2.75, 3.05) is 6.61 Å². The monoisotopic (exact) mass is 512 g/mol. The Bertz CT molecular complexity index is 1290. The van der Waals surface area contributed by atoms with Gasteiger partial charge < -0.3 is 9.47 Å². The van der Waals surface area contributed by atoms with Crippen LogP contribution in [0.15, 0.2) is 60.7 Å². The highest BCUT2D eigenvalue weighted by Crippen LogP contribution is 2.39. The molecule has 0 unspecified atom stereocenters. The first kappa shape index (κ1) is 26.5. The molecule has 0 saturated heterocycles. The van der Waals surface area contributed by atoms with Crippen molar-refractivity contribution in [1.29, 1.82) is 0 Å². The number of carbonyl (C=O) groups is 1. The van der Waals surface area contributed by atoms with Crippen LogP contribution in [0.5, 0.6) is 11.5 Å². The third-order valence-corrected chi connectivity index (χ3v) is 6.73. The lowest BCUT2D eigenvalue weighted by atomic mass is 9.78. The summed E-state index contributed by atoms with van der Waals surface area (Å²) in [6.45, 7) is 3.74. The molecular formula is C30H28F4O3. The molecule has 4 rings (SSSR count). The lowest BCUT2D eigenvalue weighted by molar-refractivity contribution is 0.0728. The van der Waals surface area contributed by atoms with Gasteiger partial charge >= 0.3 is 5.97 Å². The molecule has 0 spiro atoms. The van der Waals surface area contributed by atoms with E-state index in [1.165, 1.54) is 24.3 Å². The van der Waals surface area contributed by atoms with Gasteiger partial charge in [-0.1, -0.05) is 36.4 Å². The fourth-order valence-corrected chi connectivity index (χ4v) is 4.82. The SMILES string of the molecule is C/C=C/C1CCC(c2ccc(-c3ccc(OC(=O)c4ccc(OCC)c(F)c4F)cc3)c(F)c2F)CC1. The molecule has 0 N–H and O–H groups in total. The van der Waals surface area contributed by atoms with Gasteiger partial charge in [-0.05, 0) is 86.8 Å². The van der Waals surface area contributed by atoms with Gasteiger partial charge in [0.05, 0.1) is 12.2 Å². The van der Waals surface area contributed by atoms with Crippen molar-refractivity contribution < 1.29 is 31.8 Å². The van der Waals surface area contributed by atoms with E-state index in [0.717, 1.165) is 37.8 Å². The van der Waals surface area contributed by atoms with Gasteiger partial charge in [0.15, 0.2) is 23.2 Å². The van der Waals surface area contributed by atoms with Crippen LogP contribution in [0.4, 0.5) is 17.6 Å². The second kappa shape index (κ2) is 11.6. The number of esters is 1. The topological polar surface area (TPSA) is 35.5 Å². The van der Waals surface area contributed by atoms with Gasteiger partial charge in [-0.25, -0.2) is 18.0 Å². The second-order valence-corrected chi connectivity index (χ2v) is 9.05. The second-order valence-electron chi connectivity index (χ2n) is 9.05.